The lowest BCUT2D eigenvalue weighted by molar-refractivity contribution is -0.0552. The van der Waals surface area contributed by atoms with Crippen molar-refractivity contribution in [2.45, 2.75) is 38.1 Å². The average molecular weight is 406 g/mol. The van der Waals surface area contributed by atoms with Gasteiger partial charge < -0.3 is 25.0 Å². The summed E-state index contributed by atoms with van der Waals surface area (Å²) in [6.07, 6.45) is 2.09. The monoisotopic (exact) mass is 405 g/mol. The van der Waals surface area contributed by atoms with E-state index in [2.05, 4.69) is 15.0 Å². The molecule has 3 atom stereocenters. The van der Waals surface area contributed by atoms with E-state index in [0.29, 0.717) is 11.6 Å². The summed E-state index contributed by atoms with van der Waals surface area (Å²) in [6, 6.07) is 7.56. The Morgan fingerprint density at radius 3 is 2.82 bits per heavy atom. The smallest absolute Gasteiger partial charge is 0.140 e. The summed E-state index contributed by atoms with van der Waals surface area (Å²) in [5.41, 5.74) is 4.04. The third-order valence-electron chi connectivity index (χ3n) is 4.78. The van der Waals surface area contributed by atoms with Crippen LogP contribution < -0.4 is 0 Å². The summed E-state index contributed by atoms with van der Waals surface area (Å²) >= 11 is 5.94. The second-order valence-corrected chi connectivity index (χ2v) is 7.14. The van der Waals surface area contributed by atoms with Gasteiger partial charge in [-0.05, 0) is 42.7 Å². The topological polar surface area (TPSA) is 111 Å². The molecule has 8 heteroatoms. The van der Waals surface area contributed by atoms with Crippen LogP contribution >= 0.6 is 11.6 Å². The third-order valence-corrected chi connectivity index (χ3v) is 5.02. The molecule has 0 fully saturated rings. The van der Waals surface area contributed by atoms with Gasteiger partial charge in [-0.3, -0.25) is 0 Å². The van der Waals surface area contributed by atoms with Crippen LogP contribution in [0.15, 0.2) is 36.8 Å². The number of fused-ring (bicyclic) bond motifs is 2. The molecule has 0 bridgehead atoms. The van der Waals surface area contributed by atoms with Crippen LogP contribution in [0.5, 0.6) is 0 Å². The molecule has 3 aromatic rings. The van der Waals surface area contributed by atoms with E-state index in [0.717, 1.165) is 34.3 Å². The van der Waals surface area contributed by atoms with Gasteiger partial charge in [0.1, 0.15) is 18.1 Å². The maximum atomic E-state index is 9.73. The van der Waals surface area contributed by atoms with Crippen molar-refractivity contribution in [1.29, 1.82) is 0 Å². The highest BCUT2D eigenvalue weighted by Gasteiger charge is 2.26. The van der Waals surface area contributed by atoms with Crippen molar-refractivity contribution >= 4 is 22.6 Å². The number of ether oxygens (including phenoxy) is 1. The number of H-pyrrole nitrogens is 1. The fourth-order valence-corrected chi connectivity index (χ4v) is 3.40. The van der Waals surface area contributed by atoms with Crippen LogP contribution in [0.2, 0.25) is 5.02 Å². The molecular formula is C20H24ClN3O4. The van der Waals surface area contributed by atoms with Gasteiger partial charge in [0.05, 0.1) is 31.1 Å². The number of aliphatic hydroxyl groups is 3. The minimum Gasteiger partial charge on any atom is -0.394 e. The Bertz CT molecular complexity index is 917. The summed E-state index contributed by atoms with van der Waals surface area (Å²) in [6.45, 7) is 2.08. The van der Waals surface area contributed by atoms with E-state index in [9.17, 15) is 10.2 Å². The lowest BCUT2D eigenvalue weighted by Gasteiger charge is -2.29. The van der Waals surface area contributed by atoms with Gasteiger partial charge in [-0.25, -0.2) is 9.97 Å². The van der Waals surface area contributed by atoms with Crippen LogP contribution in [0.3, 0.4) is 0 Å². The number of nitrogens with one attached hydrogen (secondary N) is 1. The number of aromatic amines is 1. The van der Waals surface area contributed by atoms with E-state index >= 15 is 0 Å². The van der Waals surface area contributed by atoms with Crippen molar-refractivity contribution in [3.63, 3.8) is 0 Å². The zero-order chi connectivity index (χ0) is 20.1. The molecule has 0 spiro atoms. The first-order valence-corrected chi connectivity index (χ1v) is 9.49. The molecule has 4 N–H and O–H groups in total. The molecule has 0 saturated carbocycles. The first-order valence-electron chi connectivity index (χ1n) is 9.11. The number of hydrogen-bond donors (Lipinski definition) is 4. The Labute approximate surface area is 168 Å². The van der Waals surface area contributed by atoms with Gasteiger partial charge in [0.2, 0.25) is 0 Å². The zero-order valence-corrected chi connectivity index (χ0v) is 16.3. The van der Waals surface area contributed by atoms with Crippen molar-refractivity contribution < 1.29 is 20.1 Å². The summed E-state index contributed by atoms with van der Waals surface area (Å²) in [5, 5.41) is 29.7. The average Bonchev–Trinajstić information content (AvgIpc) is 3.18. The van der Waals surface area contributed by atoms with E-state index in [-0.39, 0.29) is 12.5 Å². The normalized spacial score (nSPS) is 18.1. The highest BCUT2D eigenvalue weighted by molar-refractivity contribution is 6.30. The summed E-state index contributed by atoms with van der Waals surface area (Å²) in [4.78, 5) is 11.1. The Hall–Kier alpha value is -2.03. The molecule has 1 aliphatic heterocycles. The van der Waals surface area contributed by atoms with Gasteiger partial charge in [0.15, 0.2) is 0 Å². The lowest BCUT2D eigenvalue weighted by Crippen LogP contribution is -2.32. The lowest BCUT2D eigenvalue weighted by atomic mass is 9.93. The van der Waals surface area contributed by atoms with Crippen LogP contribution in [0.1, 0.15) is 29.3 Å². The SMILES string of the molecule is Cc1ncnc2[nH]ccc12.OCC(O)C(O)CC1OCCc2cc(Cl)ccc21. The highest BCUT2D eigenvalue weighted by atomic mass is 35.5. The molecule has 0 aliphatic carbocycles. The molecule has 7 nitrogen and oxygen atoms in total. The van der Waals surface area contributed by atoms with Gasteiger partial charge >= 0.3 is 0 Å². The van der Waals surface area contributed by atoms with Crippen LogP contribution in [0.25, 0.3) is 11.0 Å². The number of aliphatic hydroxyl groups excluding tert-OH is 3. The number of benzene rings is 1. The van der Waals surface area contributed by atoms with Gasteiger partial charge in [-0.2, -0.15) is 0 Å². The van der Waals surface area contributed by atoms with E-state index in [1.165, 1.54) is 0 Å². The van der Waals surface area contributed by atoms with Crippen molar-refractivity contribution in [3.8, 4) is 0 Å². The molecule has 3 heterocycles. The largest absolute Gasteiger partial charge is 0.394 e. The van der Waals surface area contributed by atoms with Crippen molar-refractivity contribution in [2.24, 2.45) is 0 Å². The van der Waals surface area contributed by atoms with E-state index in [1.54, 1.807) is 12.4 Å². The number of nitrogens with zero attached hydrogens (tertiary/aromatic N) is 2. The molecule has 4 rings (SSSR count). The van der Waals surface area contributed by atoms with Crippen molar-refractivity contribution in [3.05, 3.63) is 58.6 Å². The maximum Gasteiger partial charge on any atom is 0.140 e. The first-order chi connectivity index (χ1) is 13.5. The van der Waals surface area contributed by atoms with Gasteiger partial charge in [0, 0.05) is 23.0 Å². The predicted molar refractivity (Wildman–Crippen MR) is 106 cm³/mol. The minimum absolute atomic E-state index is 0.260. The Morgan fingerprint density at radius 2 is 2.07 bits per heavy atom. The summed E-state index contributed by atoms with van der Waals surface area (Å²) < 4.78 is 5.61. The van der Waals surface area contributed by atoms with Gasteiger partial charge in [-0.1, -0.05) is 17.7 Å². The molecular weight excluding hydrogens is 382 g/mol. The molecule has 150 valence electrons. The number of aryl methyl sites for hydroxylation is 1. The minimum atomic E-state index is -1.13. The van der Waals surface area contributed by atoms with Gasteiger partial charge in [0.25, 0.3) is 0 Å². The van der Waals surface area contributed by atoms with Crippen LogP contribution in [0, 0.1) is 6.92 Å². The van der Waals surface area contributed by atoms with Crippen LogP contribution in [0.4, 0.5) is 0 Å². The first kappa shape index (κ1) is 20.7. The predicted octanol–water partition coefficient (Wildman–Crippen LogP) is 2.32. The third kappa shape index (κ3) is 4.87. The molecule has 0 amide bonds. The Kier molecular flexibility index (Phi) is 6.98. The Balaban J connectivity index is 0.000000188. The standard InChI is InChI=1S/C13H17ClO4.C7H7N3/c14-9-1-2-10-8(5-9)3-4-18-13(10)6-11(16)12(17)7-15;1-5-6-2-3-8-7(6)10-4-9-5/h1-2,5,11-13,15-17H,3-4,6-7H2;2-4H,1H3,(H,8,9,10). The van der Waals surface area contributed by atoms with E-state index in [4.69, 9.17) is 21.4 Å². The van der Waals surface area contributed by atoms with Crippen LogP contribution in [-0.4, -0.2) is 55.7 Å². The van der Waals surface area contributed by atoms with E-state index in [1.807, 2.05) is 31.3 Å². The van der Waals surface area contributed by atoms with Crippen LogP contribution in [-0.2, 0) is 11.2 Å². The number of rotatable bonds is 4. The maximum absolute atomic E-state index is 9.73. The van der Waals surface area contributed by atoms with Crippen molar-refractivity contribution in [2.75, 3.05) is 13.2 Å². The molecule has 0 radical (unpaired) electrons. The van der Waals surface area contributed by atoms with Crippen molar-refractivity contribution in [1.82, 2.24) is 15.0 Å². The second-order valence-electron chi connectivity index (χ2n) is 6.70. The van der Waals surface area contributed by atoms with E-state index < -0.39 is 18.8 Å². The fourth-order valence-electron chi connectivity index (χ4n) is 3.20. The number of halogens is 1. The molecule has 0 saturated heterocycles. The zero-order valence-electron chi connectivity index (χ0n) is 15.5. The number of hydrogen-bond acceptors (Lipinski definition) is 6. The molecule has 2 aromatic heterocycles. The molecule has 3 unspecified atom stereocenters. The summed E-state index contributed by atoms with van der Waals surface area (Å²) in [5.74, 6) is 0. The second kappa shape index (κ2) is 9.45. The Morgan fingerprint density at radius 1 is 1.25 bits per heavy atom. The molecule has 1 aromatic carbocycles. The number of aromatic nitrogens is 3. The fraction of sp³-hybridized carbons (Fsp3) is 0.400. The molecule has 1 aliphatic rings. The molecule has 28 heavy (non-hydrogen) atoms. The highest BCUT2D eigenvalue weighted by Crippen LogP contribution is 2.32. The quantitative estimate of drug-likeness (QED) is 0.530. The van der Waals surface area contributed by atoms with Gasteiger partial charge in [-0.15, -0.1) is 0 Å². The summed E-state index contributed by atoms with van der Waals surface area (Å²) in [7, 11) is 0.